The minimum absolute atomic E-state index is 0. The summed E-state index contributed by atoms with van der Waals surface area (Å²) in [7, 11) is -0.704. The summed E-state index contributed by atoms with van der Waals surface area (Å²) < 4.78 is 21.7. The van der Waals surface area contributed by atoms with Crippen LogP contribution in [0.15, 0.2) is 11.7 Å². The van der Waals surface area contributed by atoms with E-state index in [1.807, 2.05) is 0 Å². The van der Waals surface area contributed by atoms with Gasteiger partial charge in [0, 0.05) is 12.9 Å². The van der Waals surface area contributed by atoms with E-state index in [9.17, 15) is 9.67 Å². The Labute approximate surface area is 118 Å². The molecular formula is C8H17NNaO5P. The van der Waals surface area contributed by atoms with Gasteiger partial charge in [-0.25, -0.2) is 0 Å². The molecule has 0 heterocycles. The Morgan fingerprint density at radius 1 is 1.38 bits per heavy atom. The summed E-state index contributed by atoms with van der Waals surface area (Å²) >= 11 is 0. The maximum Gasteiger partial charge on any atom is 1.00 e. The van der Waals surface area contributed by atoms with Gasteiger partial charge in [-0.3, -0.25) is 14.5 Å². The van der Waals surface area contributed by atoms with Gasteiger partial charge in [0.2, 0.25) is 0 Å². The molecule has 0 aromatic rings. The quantitative estimate of drug-likeness (QED) is 0.226. The van der Waals surface area contributed by atoms with Crippen LogP contribution in [0.5, 0.6) is 0 Å². The van der Waals surface area contributed by atoms with E-state index in [1.165, 1.54) is 14.2 Å². The number of hydrogen-bond acceptors (Lipinski definition) is 6. The van der Waals surface area contributed by atoms with Crippen molar-refractivity contribution in [3.63, 3.8) is 0 Å². The maximum atomic E-state index is 11.8. The molecule has 0 atom stereocenters. The molecule has 0 amide bonds. The molecule has 0 aliphatic carbocycles. The molecule has 0 spiro atoms. The largest absolute Gasteiger partial charge is 1.00 e. The molecule has 0 aliphatic rings. The van der Waals surface area contributed by atoms with Crippen LogP contribution < -0.4 is 34.7 Å². The molecule has 6 nitrogen and oxygen atoms in total. The fourth-order valence-electron chi connectivity index (χ4n) is 0.778. The van der Waals surface area contributed by atoms with Gasteiger partial charge in [0.15, 0.2) is 0 Å². The summed E-state index contributed by atoms with van der Waals surface area (Å²) in [5, 5.41) is 12.3. The Hall–Kier alpha value is 0.450. The third-order valence-corrected chi connectivity index (χ3v) is 3.24. The molecule has 0 saturated heterocycles. The molecule has 0 rings (SSSR count). The van der Waals surface area contributed by atoms with Gasteiger partial charge < -0.3 is 14.2 Å². The molecule has 16 heavy (non-hydrogen) atoms. The predicted molar refractivity (Wildman–Crippen MR) is 53.7 cm³/mol. The van der Waals surface area contributed by atoms with Crippen molar-refractivity contribution in [1.29, 1.82) is 0 Å². The summed E-state index contributed by atoms with van der Waals surface area (Å²) in [4.78, 5) is 4.63. The normalized spacial score (nSPS) is 12.1. The molecule has 0 N–H and O–H groups in total. The average molecular weight is 261 g/mol. The van der Waals surface area contributed by atoms with Crippen molar-refractivity contribution in [2.24, 2.45) is 0 Å². The minimum Gasteiger partial charge on any atom is -0.858 e. The van der Waals surface area contributed by atoms with Gasteiger partial charge in [0.1, 0.15) is 0 Å². The summed E-state index contributed by atoms with van der Waals surface area (Å²) in [5.41, 5.74) is 0. The molecule has 90 valence electrons. The third kappa shape index (κ3) is 6.91. The molecule has 0 aliphatic heterocycles. The first kappa shape index (κ1) is 18.8. The van der Waals surface area contributed by atoms with E-state index >= 15 is 0 Å². The Morgan fingerprint density at radius 3 is 2.12 bits per heavy atom. The van der Waals surface area contributed by atoms with E-state index in [-0.39, 0.29) is 42.8 Å². The molecular weight excluding hydrogens is 244 g/mol. The van der Waals surface area contributed by atoms with Crippen LogP contribution in [0, 0.1) is 0 Å². The van der Waals surface area contributed by atoms with Crippen LogP contribution in [0.4, 0.5) is 0 Å². The second-order valence-corrected chi connectivity index (χ2v) is 4.38. The first-order chi connectivity index (χ1) is 6.99. The summed E-state index contributed by atoms with van der Waals surface area (Å²) in [5.74, 6) is 0.339. The van der Waals surface area contributed by atoms with E-state index in [4.69, 9.17) is 9.05 Å². The van der Waals surface area contributed by atoms with E-state index in [1.54, 1.807) is 13.8 Å². The molecule has 0 saturated carbocycles. The van der Waals surface area contributed by atoms with E-state index in [2.05, 4.69) is 4.84 Å². The second kappa shape index (κ2) is 9.48. The van der Waals surface area contributed by atoms with Crippen molar-refractivity contribution < 1.29 is 53.1 Å². The molecule has 0 radical (unpaired) electrons. The number of nitrogens with zero attached hydrogens (tertiary/aromatic N) is 1. The van der Waals surface area contributed by atoms with Gasteiger partial charge in [-0.05, 0) is 19.7 Å². The van der Waals surface area contributed by atoms with Crippen LogP contribution in [0.25, 0.3) is 0 Å². The van der Waals surface area contributed by atoms with Gasteiger partial charge in [-0.15, -0.1) is 0 Å². The Balaban J connectivity index is 0. The van der Waals surface area contributed by atoms with Crippen LogP contribution in [-0.4, -0.2) is 32.4 Å². The van der Waals surface area contributed by atoms with E-state index in [0.717, 1.165) is 10.9 Å². The van der Waals surface area contributed by atoms with Crippen molar-refractivity contribution in [3.8, 4) is 0 Å². The molecule has 0 aromatic carbocycles. The minimum atomic E-state index is -3.44. The zero-order valence-electron chi connectivity index (χ0n) is 10.4. The first-order valence-electron chi connectivity index (χ1n) is 4.55. The van der Waals surface area contributed by atoms with Crippen LogP contribution in [0.2, 0.25) is 0 Å². The van der Waals surface area contributed by atoms with Gasteiger partial charge in [-0.1, -0.05) is 0 Å². The SMILES string of the molecule is CCOP(=O)(C=C([O-])N(C)OC)OCC.[Na+]. The second-order valence-electron chi connectivity index (χ2n) is 2.52. The van der Waals surface area contributed by atoms with Crippen LogP contribution >= 0.6 is 7.60 Å². The molecule has 0 fully saturated rings. The zero-order valence-corrected chi connectivity index (χ0v) is 13.3. The standard InChI is InChI=1S/C8H18NO5P.Na/c1-5-13-15(11,14-6-2)7-8(10)9(3)12-4;/h7,10H,5-6H2,1-4H3;/q;+1/p-1. The predicted octanol–water partition coefficient (Wildman–Crippen LogP) is -2.09. The summed E-state index contributed by atoms with van der Waals surface area (Å²) in [6, 6.07) is 0. The smallest absolute Gasteiger partial charge is 0.858 e. The average Bonchev–Trinajstić information content (AvgIpc) is 2.16. The van der Waals surface area contributed by atoms with Crippen LogP contribution in [0.1, 0.15) is 13.8 Å². The van der Waals surface area contributed by atoms with Crippen LogP contribution in [0.3, 0.4) is 0 Å². The van der Waals surface area contributed by atoms with Crippen molar-refractivity contribution in [2.75, 3.05) is 27.4 Å². The van der Waals surface area contributed by atoms with E-state index in [0.29, 0.717) is 0 Å². The first-order valence-corrected chi connectivity index (χ1v) is 6.16. The topological polar surface area (TPSA) is 71.1 Å². The fraction of sp³-hybridized carbons (Fsp3) is 0.750. The van der Waals surface area contributed by atoms with Crippen molar-refractivity contribution in [1.82, 2.24) is 5.06 Å². The van der Waals surface area contributed by atoms with Crippen molar-refractivity contribution in [2.45, 2.75) is 13.8 Å². The third-order valence-electron chi connectivity index (χ3n) is 1.47. The zero-order chi connectivity index (χ0) is 11.9. The van der Waals surface area contributed by atoms with Crippen molar-refractivity contribution >= 4 is 7.60 Å². The molecule has 0 unspecified atom stereocenters. The summed E-state index contributed by atoms with van der Waals surface area (Å²) in [6.45, 7) is 3.75. The number of hydroxylamine groups is 2. The van der Waals surface area contributed by atoms with Gasteiger partial charge in [0.25, 0.3) is 0 Å². The Bertz CT molecular complexity index is 251. The van der Waals surface area contributed by atoms with Gasteiger partial charge >= 0.3 is 37.2 Å². The van der Waals surface area contributed by atoms with Crippen molar-refractivity contribution in [3.05, 3.63) is 11.7 Å². The maximum absolute atomic E-state index is 11.8. The number of hydrogen-bond donors (Lipinski definition) is 0. The van der Waals surface area contributed by atoms with Gasteiger partial charge in [0.05, 0.1) is 20.3 Å². The molecule has 0 aromatic heterocycles. The van der Waals surface area contributed by atoms with Crippen LogP contribution in [-0.2, 0) is 18.5 Å². The van der Waals surface area contributed by atoms with Gasteiger partial charge in [-0.2, -0.15) is 0 Å². The van der Waals surface area contributed by atoms with E-state index < -0.39 is 13.5 Å². The molecule has 0 bridgehead atoms. The monoisotopic (exact) mass is 261 g/mol. The Morgan fingerprint density at radius 2 is 1.81 bits per heavy atom. The Kier molecular flexibility index (Phi) is 11.1. The fourth-order valence-corrected chi connectivity index (χ4v) is 2.15. The molecule has 8 heteroatoms. The number of rotatable bonds is 7. The summed E-state index contributed by atoms with van der Waals surface area (Å²) in [6.07, 6.45) is 0.